The second-order valence-electron chi connectivity index (χ2n) is 4.06. The predicted octanol–water partition coefficient (Wildman–Crippen LogP) is 3.81. The van der Waals surface area contributed by atoms with Crippen LogP contribution in [0.4, 0.5) is 0 Å². The maximum Gasteiger partial charge on any atom is 0.336 e. The first-order valence-electron chi connectivity index (χ1n) is 5.89. The fourth-order valence-electron chi connectivity index (χ4n) is 1.74. The number of hydrogen-bond acceptors (Lipinski definition) is 4. The first kappa shape index (κ1) is 14.7. The molecule has 0 fully saturated rings. The van der Waals surface area contributed by atoms with Gasteiger partial charge in [-0.3, -0.25) is 0 Å². The summed E-state index contributed by atoms with van der Waals surface area (Å²) >= 11 is 0. The van der Waals surface area contributed by atoms with Crippen molar-refractivity contribution in [2.45, 2.75) is 17.7 Å². The third-order valence-corrected chi connectivity index (χ3v) is 5.23. The van der Waals surface area contributed by atoms with Gasteiger partial charge in [-0.1, -0.05) is 45.9 Å². The fourth-order valence-corrected chi connectivity index (χ4v) is 4.18. The van der Waals surface area contributed by atoms with Crippen molar-refractivity contribution < 1.29 is 19.8 Å². The molecule has 2 N–H and O–H groups in total. The molecule has 20 heavy (non-hydrogen) atoms. The van der Waals surface area contributed by atoms with Gasteiger partial charge < -0.3 is 10.2 Å². The summed E-state index contributed by atoms with van der Waals surface area (Å²) in [5.41, 5.74) is 0.611. The average Bonchev–Trinajstić information content (AvgIpc) is 2.45. The molecular weight excluding hydrogens is 296 g/mol. The van der Waals surface area contributed by atoms with E-state index in [2.05, 4.69) is 0 Å². The highest BCUT2D eigenvalue weighted by molar-refractivity contribution is 8.78. The van der Waals surface area contributed by atoms with Crippen LogP contribution in [0.2, 0.25) is 0 Å². The lowest BCUT2D eigenvalue weighted by molar-refractivity contribution is -0.132. The molecule has 0 saturated carbocycles. The van der Waals surface area contributed by atoms with E-state index in [9.17, 15) is 9.59 Å². The molecule has 0 atom stereocenters. The number of carboxylic acids is 2. The Hall–Kier alpha value is -1.66. The minimum Gasteiger partial charge on any atom is -0.478 e. The summed E-state index contributed by atoms with van der Waals surface area (Å²) in [6, 6.07) is 6.68. The first-order chi connectivity index (χ1) is 9.59. The average molecular weight is 308 g/mol. The third-order valence-electron chi connectivity index (χ3n) is 2.72. The molecule has 4 nitrogen and oxygen atoms in total. The Morgan fingerprint density at radius 2 is 1.80 bits per heavy atom. The normalized spacial score (nSPS) is 14.4. The number of allylic oxidation sites excluding steroid dienone is 2. The molecule has 0 heterocycles. The van der Waals surface area contributed by atoms with Gasteiger partial charge >= 0.3 is 11.9 Å². The molecule has 6 heteroatoms. The molecule has 1 aliphatic rings. The van der Waals surface area contributed by atoms with Crippen LogP contribution < -0.4 is 0 Å². The lowest BCUT2D eigenvalue weighted by atomic mass is 10.1. The summed E-state index contributed by atoms with van der Waals surface area (Å²) in [7, 11) is 2.55. The van der Waals surface area contributed by atoms with Gasteiger partial charge in [-0.25, -0.2) is 9.59 Å². The van der Waals surface area contributed by atoms with E-state index in [-0.39, 0.29) is 5.56 Å². The Morgan fingerprint density at radius 3 is 2.50 bits per heavy atom. The van der Waals surface area contributed by atoms with Gasteiger partial charge in [0.2, 0.25) is 0 Å². The maximum atomic E-state index is 11.1. The Labute approximate surface area is 124 Å². The van der Waals surface area contributed by atoms with Gasteiger partial charge in [-0.05, 0) is 25.0 Å². The zero-order valence-electron chi connectivity index (χ0n) is 10.4. The van der Waals surface area contributed by atoms with Crippen LogP contribution in [0.5, 0.6) is 0 Å². The summed E-state index contributed by atoms with van der Waals surface area (Å²) < 4.78 is 0. The highest BCUT2D eigenvalue weighted by Gasteiger charge is 2.17. The van der Waals surface area contributed by atoms with Crippen LogP contribution >= 0.6 is 21.6 Å². The number of aromatic carboxylic acids is 1. The van der Waals surface area contributed by atoms with Crippen molar-refractivity contribution in [1.29, 1.82) is 0 Å². The van der Waals surface area contributed by atoms with Crippen molar-refractivity contribution in [2.75, 3.05) is 0 Å². The molecule has 2 rings (SSSR count). The Balaban J connectivity index is 2.18. The fraction of sp³-hybridized carbons (Fsp3) is 0.143. The van der Waals surface area contributed by atoms with E-state index >= 15 is 0 Å². The lowest BCUT2D eigenvalue weighted by Gasteiger charge is -2.12. The second kappa shape index (κ2) is 6.67. The smallest absolute Gasteiger partial charge is 0.336 e. The third kappa shape index (κ3) is 3.46. The lowest BCUT2D eigenvalue weighted by Crippen LogP contribution is -2.04. The van der Waals surface area contributed by atoms with Crippen LogP contribution in [-0.2, 0) is 4.79 Å². The monoisotopic (exact) mass is 308 g/mol. The molecule has 0 spiro atoms. The van der Waals surface area contributed by atoms with Crippen LogP contribution in [0.25, 0.3) is 0 Å². The zero-order chi connectivity index (χ0) is 14.5. The van der Waals surface area contributed by atoms with E-state index in [0.29, 0.717) is 21.8 Å². The van der Waals surface area contributed by atoms with Gasteiger partial charge in [0.05, 0.1) is 11.1 Å². The van der Waals surface area contributed by atoms with Crippen molar-refractivity contribution in [3.05, 3.63) is 52.5 Å². The Kier molecular flexibility index (Phi) is 4.92. The maximum absolute atomic E-state index is 11.1. The molecule has 0 aromatic heterocycles. The molecule has 0 aliphatic heterocycles. The summed E-state index contributed by atoms with van der Waals surface area (Å²) in [5, 5.41) is 18.2. The topological polar surface area (TPSA) is 74.6 Å². The molecule has 1 aromatic carbocycles. The Morgan fingerprint density at radius 1 is 1.05 bits per heavy atom. The largest absolute Gasteiger partial charge is 0.478 e. The van der Waals surface area contributed by atoms with Crippen LogP contribution in [-0.4, -0.2) is 22.2 Å². The predicted molar refractivity (Wildman–Crippen MR) is 79.9 cm³/mol. The highest BCUT2D eigenvalue weighted by atomic mass is 33.1. The first-order valence-corrected chi connectivity index (χ1v) is 8.04. The second-order valence-corrected chi connectivity index (χ2v) is 6.27. The van der Waals surface area contributed by atoms with E-state index in [1.54, 1.807) is 24.3 Å². The minimum atomic E-state index is -0.986. The Bertz CT molecular complexity index is 605. The standard InChI is InChI=1S/C14H12O4S2/c15-13(16)9-5-1-3-7-11(9)19-20-12-8-4-2-6-10(12)14(17)18/h1,3-5,7-8H,2,6H2,(H,15,16)(H,17,18). The van der Waals surface area contributed by atoms with Crippen LogP contribution in [0.3, 0.4) is 0 Å². The van der Waals surface area contributed by atoms with Gasteiger partial charge in [-0.2, -0.15) is 0 Å². The summed E-state index contributed by atoms with van der Waals surface area (Å²) in [4.78, 5) is 23.5. The van der Waals surface area contributed by atoms with Crippen molar-refractivity contribution >= 4 is 33.5 Å². The minimum absolute atomic E-state index is 0.224. The molecule has 0 unspecified atom stereocenters. The summed E-state index contributed by atoms with van der Waals surface area (Å²) in [6.07, 6.45) is 4.95. The zero-order valence-corrected chi connectivity index (χ0v) is 12.0. The SMILES string of the molecule is O=C(O)C1=C(SSc2ccccc2C(=O)O)C=CCC1. The molecule has 0 amide bonds. The number of carboxylic acid groups (broad SMARTS) is 2. The van der Waals surface area contributed by atoms with E-state index in [4.69, 9.17) is 10.2 Å². The van der Waals surface area contributed by atoms with Gasteiger partial charge in [-0.15, -0.1) is 0 Å². The van der Waals surface area contributed by atoms with E-state index < -0.39 is 11.9 Å². The summed E-state index contributed by atoms with van der Waals surface area (Å²) in [5.74, 6) is -1.90. The van der Waals surface area contributed by atoms with Gasteiger partial charge in [0.1, 0.15) is 0 Å². The molecule has 104 valence electrons. The van der Waals surface area contributed by atoms with E-state index in [1.807, 2.05) is 6.08 Å². The molecule has 1 aromatic rings. The quantitative estimate of drug-likeness (QED) is 0.806. The van der Waals surface area contributed by atoms with Crippen molar-refractivity contribution in [2.24, 2.45) is 0 Å². The van der Waals surface area contributed by atoms with Crippen molar-refractivity contribution in [1.82, 2.24) is 0 Å². The number of aliphatic carboxylic acids is 1. The molecule has 0 bridgehead atoms. The summed E-state index contributed by atoms with van der Waals surface area (Å²) in [6.45, 7) is 0. The highest BCUT2D eigenvalue weighted by Crippen LogP contribution is 2.42. The molecule has 1 aliphatic carbocycles. The van der Waals surface area contributed by atoms with E-state index in [1.165, 1.54) is 27.7 Å². The molecule has 0 radical (unpaired) electrons. The van der Waals surface area contributed by atoms with Gasteiger partial charge in [0.15, 0.2) is 0 Å². The van der Waals surface area contributed by atoms with Crippen molar-refractivity contribution in [3.63, 3.8) is 0 Å². The van der Waals surface area contributed by atoms with Crippen molar-refractivity contribution in [3.8, 4) is 0 Å². The van der Waals surface area contributed by atoms with E-state index in [0.717, 1.165) is 6.42 Å². The number of rotatable bonds is 5. The van der Waals surface area contributed by atoms with Crippen LogP contribution in [0, 0.1) is 0 Å². The van der Waals surface area contributed by atoms with Gasteiger partial charge in [0.25, 0.3) is 0 Å². The number of carbonyl (C=O) groups is 2. The van der Waals surface area contributed by atoms with Crippen LogP contribution in [0.1, 0.15) is 23.2 Å². The van der Waals surface area contributed by atoms with Crippen LogP contribution in [0.15, 0.2) is 51.8 Å². The number of hydrogen-bond donors (Lipinski definition) is 2. The number of benzene rings is 1. The van der Waals surface area contributed by atoms with Gasteiger partial charge in [0, 0.05) is 9.80 Å². The molecular formula is C14H12O4S2. The molecule has 0 saturated heterocycles.